The molecule has 0 unspecified atom stereocenters. The number of likely N-dealkylation sites (tertiary alicyclic amines) is 1. The molecule has 8 nitrogen and oxygen atoms in total. The van der Waals surface area contributed by atoms with E-state index in [1.807, 2.05) is 27.7 Å². The standard InChI is InChI=1S/C24H31N5O3S/c1-4-9-29-19(14-18-21(29)25(2)24(32)26(3)22(18)30)23(31)27-10-5-17(6-11-27)28-12-7-20-16(15-28)8-13-33-20/h8,13-14,17H,4-7,9-12,15H2,1-3H3. The van der Waals surface area contributed by atoms with Crippen LogP contribution in [0.15, 0.2) is 27.1 Å². The Hall–Kier alpha value is -2.65. The quantitative estimate of drug-likeness (QED) is 0.587. The molecule has 0 saturated carbocycles. The van der Waals surface area contributed by atoms with Gasteiger partial charge >= 0.3 is 5.69 Å². The molecule has 33 heavy (non-hydrogen) atoms. The topological polar surface area (TPSA) is 72.5 Å². The highest BCUT2D eigenvalue weighted by Crippen LogP contribution is 2.28. The normalized spacial score (nSPS) is 17.6. The number of amides is 1. The van der Waals surface area contributed by atoms with Crippen molar-refractivity contribution in [3.63, 3.8) is 0 Å². The van der Waals surface area contributed by atoms with Crippen LogP contribution in [0.25, 0.3) is 11.0 Å². The highest BCUT2D eigenvalue weighted by Gasteiger charge is 2.31. The second-order valence-electron chi connectivity index (χ2n) is 9.24. The van der Waals surface area contributed by atoms with E-state index in [-0.39, 0.29) is 17.2 Å². The Morgan fingerprint density at radius 1 is 1.12 bits per heavy atom. The van der Waals surface area contributed by atoms with E-state index in [1.54, 1.807) is 13.1 Å². The van der Waals surface area contributed by atoms with Crippen LogP contribution in [-0.4, -0.2) is 55.1 Å². The Labute approximate surface area is 196 Å². The smallest absolute Gasteiger partial charge is 0.332 e. The monoisotopic (exact) mass is 469 g/mol. The Bertz CT molecular complexity index is 1320. The lowest BCUT2D eigenvalue weighted by molar-refractivity contribution is 0.0591. The molecule has 5 rings (SSSR count). The van der Waals surface area contributed by atoms with Crippen molar-refractivity contribution in [2.24, 2.45) is 14.1 Å². The zero-order valence-electron chi connectivity index (χ0n) is 19.5. The Morgan fingerprint density at radius 2 is 1.88 bits per heavy atom. The van der Waals surface area contributed by atoms with Gasteiger partial charge in [0, 0.05) is 57.7 Å². The minimum atomic E-state index is -0.377. The maximum Gasteiger partial charge on any atom is 0.332 e. The van der Waals surface area contributed by atoms with Gasteiger partial charge in [-0.1, -0.05) is 6.92 Å². The summed E-state index contributed by atoms with van der Waals surface area (Å²) in [6.07, 6.45) is 3.84. The summed E-state index contributed by atoms with van der Waals surface area (Å²) in [6, 6.07) is 4.43. The van der Waals surface area contributed by atoms with Gasteiger partial charge in [0.1, 0.15) is 11.3 Å². The van der Waals surface area contributed by atoms with Gasteiger partial charge in [-0.25, -0.2) is 4.79 Å². The van der Waals surface area contributed by atoms with Gasteiger partial charge < -0.3 is 9.47 Å². The summed E-state index contributed by atoms with van der Waals surface area (Å²) in [5.41, 5.74) is 1.76. The molecule has 2 aliphatic rings. The predicted molar refractivity (Wildman–Crippen MR) is 130 cm³/mol. The molecule has 9 heteroatoms. The van der Waals surface area contributed by atoms with Gasteiger partial charge in [-0.2, -0.15) is 0 Å². The minimum Gasteiger partial charge on any atom is -0.337 e. The van der Waals surface area contributed by atoms with E-state index in [0.717, 1.165) is 43.3 Å². The highest BCUT2D eigenvalue weighted by atomic mass is 32.1. The Balaban J connectivity index is 1.38. The summed E-state index contributed by atoms with van der Waals surface area (Å²) in [7, 11) is 3.14. The average molecular weight is 470 g/mol. The number of aryl methyl sites for hydroxylation is 2. The van der Waals surface area contributed by atoms with Gasteiger partial charge in [-0.3, -0.25) is 23.6 Å². The lowest BCUT2D eigenvalue weighted by Crippen LogP contribution is -2.48. The van der Waals surface area contributed by atoms with Crippen LogP contribution < -0.4 is 11.2 Å². The molecule has 0 aliphatic carbocycles. The lowest BCUT2D eigenvalue weighted by Gasteiger charge is -2.40. The number of rotatable bonds is 4. The third kappa shape index (κ3) is 3.67. The molecule has 3 aromatic heterocycles. The van der Waals surface area contributed by atoms with Crippen molar-refractivity contribution in [2.45, 2.75) is 51.7 Å². The van der Waals surface area contributed by atoms with Crippen LogP contribution in [0.2, 0.25) is 0 Å². The highest BCUT2D eigenvalue weighted by molar-refractivity contribution is 7.10. The molecule has 176 valence electrons. The van der Waals surface area contributed by atoms with Crippen LogP contribution in [-0.2, 0) is 33.6 Å². The number of aromatic nitrogens is 3. The maximum absolute atomic E-state index is 13.6. The molecule has 0 aromatic carbocycles. The van der Waals surface area contributed by atoms with Crippen LogP contribution >= 0.6 is 11.3 Å². The molecule has 1 fully saturated rings. The molecule has 3 aromatic rings. The van der Waals surface area contributed by atoms with Gasteiger partial charge in [0.05, 0.1) is 5.39 Å². The van der Waals surface area contributed by atoms with Crippen molar-refractivity contribution >= 4 is 28.3 Å². The van der Waals surface area contributed by atoms with E-state index in [4.69, 9.17) is 0 Å². The number of fused-ring (bicyclic) bond motifs is 2. The number of hydrogen-bond donors (Lipinski definition) is 0. The number of hydrogen-bond acceptors (Lipinski definition) is 5. The van der Waals surface area contributed by atoms with E-state index >= 15 is 0 Å². The van der Waals surface area contributed by atoms with E-state index in [9.17, 15) is 14.4 Å². The fourth-order valence-corrected chi connectivity index (χ4v) is 6.34. The minimum absolute atomic E-state index is 0.0497. The van der Waals surface area contributed by atoms with Crippen LogP contribution in [0.4, 0.5) is 0 Å². The number of carbonyl (C=O) groups is 1. The zero-order chi connectivity index (χ0) is 23.3. The molecular formula is C24H31N5O3S. The Kier molecular flexibility index (Phi) is 5.78. The summed E-state index contributed by atoms with van der Waals surface area (Å²) in [5, 5.41) is 2.61. The molecule has 2 aliphatic heterocycles. The summed E-state index contributed by atoms with van der Waals surface area (Å²) in [6.45, 7) is 6.14. The molecule has 0 bridgehead atoms. The van der Waals surface area contributed by atoms with E-state index in [1.165, 1.54) is 22.1 Å². The first-order valence-corrected chi connectivity index (χ1v) is 12.7. The van der Waals surface area contributed by atoms with Crippen molar-refractivity contribution in [1.82, 2.24) is 23.5 Å². The third-order valence-corrected chi connectivity index (χ3v) is 8.29. The molecule has 0 atom stereocenters. The van der Waals surface area contributed by atoms with E-state index in [0.29, 0.717) is 42.4 Å². The molecule has 0 spiro atoms. The largest absolute Gasteiger partial charge is 0.337 e. The van der Waals surface area contributed by atoms with Crippen molar-refractivity contribution in [2.75, 3.05) is 19.6 Å². The van der Waals surface area contributed by atoms with Gasteiger partial charge in [0.15, 0.2) is 0 Å². The fraction of sp³-hybridized carbons (Fsp3) is 0.542. The van der Waals surface area contributed by atoms with Crippen molar-refractivity contribution in [1.29, 1.82) is 0 Å². The van der Waals surface area contributed by atoms with Crippen LogP contribution in [0, 0.1) is 0 Å². The second kappa shape index (κ2) is 8.61. The van der Waals surface area contributed by atoms with Crippen LogP contribution in [0.1, 0.15) is 47.1 Å². The van der Waals surface area contributed by atoms with Gasteiger partial charge in [0.25, 0.3) is 11.5 Å². The van der Waals surface area contributed by atoms with E-state index < -0.39 is 0 Å². The van der Waals surface area contributed by atoms with Crippen LogP contribution in [0.3, 0.4) is 0 Å². The number of piperidine rings is 1. The third-order valence-electron chi connectivity index (χ3n) is 7.27. The van der Waals surface area contributed by atoms with Gasteiger partial charge in [0.2, 0.25) is 0 Å². The van der Waals surface area contributed by atoms with Crippen LogP contribution in [0.5, 0.6) is 0 Å². The average Bonchev–Trinajstić information content (AvgIpc) is 3.46. The van der Waals surface area contributed by atoms with Gasteiger partial charge in [-0.05, 0) is 48.8 Å². The summed E-state index contributed by atoms with van der Waals surface area (Å²) >= 11 is 1.86. The summed E-state index contributed by atoms with van der Waals surface area (Å²) in [5.74, 6) is -0.0497. The Morgan fingerprint density at radius 3 is 2.61 bits per heavy atom. The zero-order valence-corrected chi connectivity index (χ0v) is 20.4. The molecular weight excluding hydrogens is 438 g/mol. The van der Waals surface area contributed by atoms with Crippen molar-refractivity contribution in [3.8, 4) is 0 Å². The number of carbonyl (C=O) groups excluding carboxylic acids is 1. The van der Waals surface area contributed by atoms with Gasteiger partial charge in [-0.15, -0.1) is 11.3 Å². The van der Waals surface area contributed by atoms with E-state index in [2.05, 4.69) is 16.3 Å². The second-order valence-corrected chi connectivity index (χ2v) is 10.2. The SMILES string of the molecule is CCCn1c(C(=O)N2CCC(N3CCc4sccc4C3)CC2)cc2c(=O)n(C)c(=O)n(C)c21. The van der Waals surface area contributed by atoms with Crippen molar-refractivity contribution < 1.29 is 4.79 Å². The molecule has 0 radical (unpaired) electrons. The fourth-order valence-electron chi connectivity index (χ4n) is 5.45. The summed E-state index contributed by atoms with van der Waals surface area (Å²) in [4.78, 5) is 44.8. The molecule has 1 saturated heterocycles. The maximum atomic E-state index is 13.6. The first-order valence-electron chi connectivity index (χ1n) is 11.8. The number of thiophene rings is 1. The molecule has 0 N–H and O–H groups in total. The molecule has 5 heterocycles. The number of nitrogens with zero attached hydrogens (tertiary/aromatic N) is 5. The first-order chi connectivity index (χ1) is 15.9. The van der Waals surface area contributed by atoms with Crippen molar-refractivity contribution in [3.05, 3.63) is 54.5 Å². The predicted octanol–water partition coefficient (Wildman–Crippen LogP) is 2.17. The molecule has 1 amide bonds. The first kappa shape index (κ1) is 22.2. The lowest BCUT2D eigenvalue weighted by atomic mass is 9.99. The summed E-state index contributed by atoms with van der Waals surface area (Å²) < 4.78 is 4.44.